The minimum atomic E-state index is -1.26. The Morgan fingerprint density at radius 2 is 2.05 bits per heavy atom. The molecule has 0 aliphatic rings. The van der Waals surface area contributed by atoms with Crippen molar-refractivity contribution in [2.75, 3.05) is 6.54 Å². The van der Waals surface area contributed by atoms with Crippen LogP contribution < -0.4 is 5.32 Å². The van der Waals surface area contributed by atoms with Gasteiger partial charge >= 0.3 is 0 Å². The molecule has 1 aromatic carbocycles. The van der Waals surface area contributed by atoms with Crippen molar-refractivity contribution in [3.8, 4) is 0 Å². The standard InChI is InChI=1S/C15H16FNO3/c1-15(19,13-3-2-8-20-13)10-17-14(18)9-11-4-6-12(16)7-5-11/h2-8,19H,9-10H2,1H3,(H,17,18). The maximum Gasteiger partial charge on any atom is 0.224 e. The van der Waals surface area contributed by atoms with Crippen LogP contribution in [0.3, 0.4) is 0 Å². The molecule has 5 heteroatoms. The van der Waals surface area contributed by atoms with Gasteiger partial charge in [-0.15, -0.1) is 0 Å². The number of amides is 1. The van der Waals surface area contributed by atoms with E-state index in [2.05, 4.69) is 5.32 Å². The molecular formula is C15H16FNO3. The number of nitrogens with one attached hydrogen (secondary N) is 1. The molecule has 20 heavy (non-hydrogen) atoms. The maximum absolute atomic E-state index is 12.7. The van der Waals surface area contributed by atoms with Crippen molar-refractivity contribution in [1.29, 1.82) is 0 Å². The SMILES string of the molecule is CC(O)(CNC(=O)Cc1ccc(F)cc1)c1ccco1. The summed E-state index contributed by atoms with van der Waals surface area (Å²) in [5.41, 5.74) is -0.552. The molecule has 1 atom stereocenters. The lowest BCUT2D eigenvalue weighted by Crippen LogP contribution is -2.39. The lowest BCUT2D eigenvalue weighted by Gasteiger charge is -2.21. The molecule has 0 saturated carbocycles. The van der Waals surface area contributed by atoms with Crippen molar-refractivity contribution >= 4 is 5.91 Å². The van der Waals surface area contributed by atoms with Gasteiger partial charge in [0.25, 0.3) is 0 Å². The van der Waals surface area contributed by atoms with Crippen LogP contribution >= 0.6 is 0 Å². The Bertz CT molecular complexity index is 561. The molecular weight excluding hydrogens is 261 g/mol. The van der Waals surface area contributed by atoms with E-state index in [0.717, 1.165) is 0 Å². The largest absolute Gasteiger partial charge is 0.466 e. The summed E-state index contributed by atoms with van der Waals surface area (Å²) < 4.78 is 17.9. The van der Waals surface area contributed by atoms with Crippen molar-refractivity contribution in [2.45, 2.75) is 18.9 Å². The zero-order valence-corrected chi connectivity index (χ0v) is 11.1. The first kappa shape index (κ1) is 14.3. The van der Waals surface area contributed by atoms with Crippen LogP contribution in [0.4, 0.5) is 4.39 Å². The predicted octanol–water partition coefficient (Wildman–Crippen LogP) is 1.99. The molecule has 2 N–H and O–H groups in total. The zero-order valence-electron chi connectivity index (χ0n) is 11.1. The van der Waals surface area contributed by atoms with Crippen LogP contribution in [0.15, 0.2) is 47.1 Å². The Labute approximate surface area is 116 Å². The Morgan fingerprint density at radius 1 is 1.35 bits per heavy atom. The molecule has 0 aliphatic heterocycles. The molecule has 1 aromatic heterocycles. The quantitative estimate of drug-likeness (QED) is 0.878. The third kappa shape index (κ3) is 3.68. The van der Waals surface area contributed by atoms with Crippen LogP contribution in [-0.2, 0) is 16.8 Å². The smallest absolute Gasteiger partial charge is 0.224 e. The van der Waals surface area contributed by atoms with Gasteiger partial charge in [-0.3, -0.25) is 4.79 Å². The van der Waals surface area contributed by atoms with E-state index in [0.29, 0.717) is 11.3 Å². The van der Waals surface area contributed by atoms with Crippen molar-refractivity contribution in [3.63, 3.8) is 0 Å². The first-order valence-electron chi connectivity index (χ1n) is 6.25. The number of carbonyl (C=O) groups excluding carboxylic acids is 1. The number of hydrogen-bond donors (Lipinski definition) is 2. The molecule has 1 heterocycles. The summed E-state index contributed by atoms with van der Waals surface area (Å²) in [6.45, 7) is 1.60. The molecule has 0 bridgehead atoms. The molecule has 4 nitrogen and oxygen atoms in total. The second kappa shape index (κ2) is 5.88. The molecule has 1 unspecified atom stereocenters. The second-order valence-electron chi connectivity index (χ2n) is 4.83. The Hall–Kier alpha value is -2.14. The van der Waals surface area contributed by atoms with E-state index in [-0.39, 0.29) is 24.7 Å². The number of benzene rings is 1. The van der Waals surface area contributed by atoms with Gasteiger partial charge in [0.15, 0.2) is 0 Å². The topological polar surface area (TPSA) is 62.5 Å². The molecule has 0 fully saturated rings. The monoisotopic (exact) mass is 277 g/mol. The minimum absolute atomic E-state index is 0.0422. The van der Waals surface area contributed by atoms with Gasteiger partial charge in [-0.1, -0.05) is 12.1 Å². The molecule has 0 spiro atoms. The molecule has 0 radical (unpaired) electrons. The van der Waals surface area contributed by atoms with Gasteiger partial charge in [0.1, 0.15) is 17.2 Å². The van der Waals surface area contributed by atoms with Crippen molar-refractivity contribution in [1.82, 2.24) is 5.32 Å². The summed E-state index contributed by atoms with van der Waals surface area (Å²) in [5.74, 6) is -0.196. The highest BCUT2D eigenvalue weighted by atomic mass is 19.1. The fourth-order valence-electron chi connectivity index (χ4n) is 1.79. The van der Waals surface area contributed by atoms with Crippen LogP contribution in [0.2, 0.25) is 0 Å². The van der Waals surface area contributed by atoms with Crippen LogP contribution in [-0.4, -0.2) is 17.6 Å². The summed E-state index contributed by atoms with van der Waals surface area (Å²) in [6.07, 6.45) is 1.60. The normalized spacial score (nSPS) is 13.8. The number of rotatable bonds is 5. The van der Waals surface area contributed by atoms with Gasteiger partial charge < -0.3 is 14.8 Å². The summed E-state index contributed by atoms with van der Waals surface area (Å²) in [5, 5.41) is 12.8. The predicted molar refractivity (Wildman–Crippen MR) is 71.4 cm³/mol. The van der Waals surface area contributed by atoms with Crippen LogP contribution in [0.1, 0.15) is 18.2 Å². The van der Waals surface area contributed by atoms with Gasteiger partial charge in [0, 0.05) is 0 Å². The number of aliphatic hydroxyl groups is 1. The number of hydrogen-bond acceptors (Lipinski definition) is 3. The van der Waals surface area contributed by atoms with E-state index in [1.54, 1.807) is 31.2 Å². The molecule has 1 amide bonds. The summed E-state index contributed by atoms with van der Waals surface area (Å²) in [4.78, 5) is 11.8. The highest BCUT2D eigenvalue weighted by Gasteiger charge is 2.26. The van der Waals surface area contributed by atoms with Gasteiger partial charge in [0.2, 0.25) is 5.91 Å². The van der Waals surface area contributed by atoms with Crippen molar-refractivity contribution < 1.29 is 18.7 Å². The first-order valence-corrected chi connectivity index (χ1v) is 6.25. The van der Waals surface area contributed by atoms with Crippen molar-refractivity contribution in [3.05, 3.63) is 59.8 Å². The highest BCUT2D eigenvalue weighted by Crippen LogP contribution is 2.19. The zero-order chi connectivity index (χ0) is 14.6. The third-order valence-electron chi connectivity index (χ3n) is 2.96. The van der Waals surface area contributed by atoms with E-state index in [1.807, 2.05) is 0 Å². The Kier molecular flexibility index (Phi) is 4.20. The lowest BCUT2D eigenvalue weighted by molar-refractivity contribution is -0.121. The first-order chi connectivity index (χ1) is 9.47. The fourth-order valence-corrected chi connectivity index (χ4v) is 1.79. The van der Waals surface area contributed by atoms with Crippen molar-refractivity contribution in [2.24, 2.45) is 0 Å². The number of halogens is 1. The Morgan fingerprint density at radius 3 is 2.65 bits per heavy atom. The maximum atomic E-state index is 12.7. The van der Waals surface area contributed by atoms with Crippen LogP contribution in [0.25, 0.3) is 0 Å². The molecule has 2 rings (SSSR count). The van der Waals surface area contributed by atoms with Gasteiger partial charge in [-0.05, 0) is 36.8 Å². The van der Waals surface area contributed by atoms with Crippen LogP contribution in [0, 0.1) is 5.82 Å². The molecule has 106 valence electrons. The lowest BCUT2D eigenvalue weighted by atomic mass is 10.0. The van der Waals surface area contributed by atoms with E-state index in [4.69, 9.17) is 4.42 Å². The molecule has 2 aromatic rings. The van der Waals surface area contributed by atoms with Gasteiger partial charge in [-0.2, -0.15) is 0 Å². The highest BCUT2D eigenvalue weighted by molar-refractivity contribution is 5.78. The van der Waals surface area contributed by atoms with Gasteiger partial charge in [0.05, 0.1) is 19.2 Å². The number of furan rings is 1. The average molecular weight is 277 g/mol. The van der Waals surface area contributed by atoms with Crippen LogP contribution in [0.5, 0.6) is 0 Å². The minimum Gasteiger partial charge on any atom is -0.466 e. The summed E-state index contributed by atoms with van der Waals surface area (Å²) >= 11 is 0. The summed E-state index contributed by atoms with van der Waals surface area (Å²) in [7, 11) is 0. The van der Waals surface area contributed by atoms with E-state index < -0.39 is 5.60 Å². The van der Waals surface area contributed by atoms with E-state index in [1.165, 1.54) is 18.4 Å². The second-order valence-corrected chi connectivity index (χ2v) is 4.83. The third-order valence-corrected chi connectivity index (χ3v) is 2.96. The number of carbonyl (C=O) groups is 1. The molecule has 0 saturated heterocycles. The van der Waals surface area contributed by atoms with E-state index >= 15 is 0 Å². The average Bonchev–Trinajstić information content (AvgIpc) is 2.94. The molecule has 0 aliphatic carbocycles. The summed E-state index contributed by atoms with van der Waals surface area (Å²) in [6, 6.07) is 9.04. The fraction of sp³-hybridized carbons (Fsp3) is 0.267. The van der Waals surface area contributed by atoms with Gasteiger partial charge in [-0.25, -0.2) is 4.39 Å². The van der Waals surface area contributed by atoms with E-state index in [9.17, 15) is 14.3 Å². The Balaban J connectivity index is 1.88.